The second-order valence-electron chi connectivity index (χ2n) is 2.97. The zero-order chi connectivity index (χ0) is 10.9. The first-order valence-electron chi connectivity index (χ1n) is 3.83. The second-order valence-corrected chi connectivity index (χ2v) is 5.36. The fraction of sp³-hybridized carbons (Fsp3) is 0.222. The van der Waals surface area contributed by atoms with Gasteiger partial charge in [-0.3, -0.25) is 4.79 Å². The molecule has 0 bridgehead atoms. The van der Waals surface area contributed by atoms with E-state index in [2.05, 4.69) is 0 Å². The molecule has 0 saturated carbocycles. The molecule has 3 nitrogen and oxygen atoms in total. The number of benzene rings is 1. The molecule has 0 atom stereocenters. The monoisotopic (exact) mass is 232 g/mol. The van der Waals surface area contributed by atoms with Gasteiger partial charge in [-0.15, -0.1) is 0 Å². The summed E-state index contributed by atoms with van der Waals surface area (Å²) in [5.74, 6) is -0.188. The fourth-order valence-electron chi connectivity index (χ4n) is 1.01. The maximum absolute atomic E-state index is 11.2. The minimum absolute atomic E-state index is 0.00753. The zero-order valence-electron chi connectivity index (χ0n) is 7.74. The predicted molar refractivity (Wildman–Crippen MR) is 54.6 cm³/mol. The van der Waals surface area contributed by atoms with Crippen LogP contribution in [0.1, 0.15) is 17.3 Å². The van der Waals surface area contributed by atoms with Gasteiger partial charge >= 0.3 is 0 Å². The van der Waals surface area contributed by atoms with Crippen molar-refractivity contribution in [1.29, 1.82) is 0 Å². The third kappa shape index (κ3) is 2.33. The molecule has 1 aromatic carbocycles. The Hall–Kier alpha value is -0.870. The van der Waals surface area contributed by atoms with Crippen molar-refractivity contribution in [1.82, 2.24) is 0 Å². The van der Waals surface area contributed by atoms with E-state index in [0.29, 0.717) is 5.56 Å². The molecule has 1 rings (SSSR count). The lowest BCUT2D eigenvalue weighted by Gasteiger charge is -2.03. The molecule has 0 fully saturated rings. The van der Waals surface area contributed by atoms with Gasteiger partial charge in [0.05, 0.1) is 9.92 Å². The summed E-state index contributed by atoms with van der Waals surface area (Å²) in [5.41, 5.74) is 0.342. The highest BCUT2D eigenvalue weighted by Crippen LogP contribution is 2.22. The van der Waals surface area contributed by atoms with Crippen molar-refractivity contribution in [3.63, 3.8) is 0 Å². The summed E-state index contributed by atoms with van der Waals surface area (Å²) in [6.07, 6.45) is 1.05. The molecule has 0 aliphatic heterocycles. The molecule has 1 aromatic rings. The third-order valence-corrected chi connectivity index (χ3v) is 3.32. The minimum Gasteiger partial charge on any atom is -0.295 e. The van der Waals surface area contributed by atoms with Gasteiger partial charge in [0.15, 0.2) is 15.6 Å². The summed E-state index contributed by atoms with van der Waals surface area (Å²) >= 11 is 5.70. The smallest absolute Gasteiger partial charge is 0.177 e. The highest BCUT2D eigenvalue weighted by molar-refractivity contribution is 7.90. The van der Waals surface area contributed by atoms with Crippen LogP contribution < -0.4 is 0 Å². The summed E-state index contributed by atoms with van der Waals surface area (Å²) in [6.45, 7) is 1.37. The van der Waals surface area contributed by atoms with E-state index in [1.165, 1.54) is 25.1 Å². The molecule has 0 amide bonds. The minimum atomic E-state index is -3.37. The Morgan fingerprint density at radius 3 is 2.36 bits per heavy atom. The van der Waals surface area contributed by atoms with Crippen LogP contribution in [0.15, 0.2) is 23.1 Å². The Kier molecular flexibility index (Phi) is 2.97. The normalized spacial score (nSPS) is 11.4. The standard InChI is InChI=1S/C9H9ClO3S/c1-6(11)7-3-4-8(10)9(5-7)14(2,12)13/h3-5H,1-2H3. The number of hydrogen-bond donors (Lipinski definition) is 0. The number of Topliss-reactive ketones (excluding diaryl/α,β-unsaturated/α-hetero) is 1. The van der Waals surface area contributed by atoms with Crippen molar-refractivity contribution in [2.45, 2.75) is 11.8 Å². The largest absolute Gasteiger partial charge is 0.295 e. The molecular formula is C9H9ClO3S. The Balaban J connectivity index is 3.44. The molecule has 0 spiro atoms. The van der Waals surface area contributed by atoms with Gasteiger partial charge in [0.2, 0.25) is 0 Å². The van der Waals surface area contributed by atoms with Gasteiger partial charge in [0.1, 0.15) is 0 Å². The van der Waals surface area contributed by atoms with Crippen molar-refractivity contribution >= 4 is 27.2 Å². The van der Waals surface area contributed by atoms with Gasteiger partial charge in [-0.05, 0) is 25.1 Å². The first kappa shape index (κ1) is 11.2. The highest BCUT2D eigenvalue weighted by atomic mass is 35.5. The Morgan fingerprint density at radius 2 is 1.93 bits per heavy atom. The topological polar surface area (TPSA) is 51.2 Å². The average Bonchev–Trinajstić information content (AvgIpc) is 2.02. The average molecular weight is 233 g/mol. The Labute approximate surface area is 87.6 Å². The van der Waals surface area contributed by atoms with E-state index in [-0.39, 0.29) is 15.7 Å². The van der Waals surface area contributed by atoms with Crippen LogP contribution in [0.5, 0.6) is 0 Å². The van der Waals surface area contributed by atoms with Gasteiger partial charge in [-0.1, -0.05) is 11.6 Å². The molecule has 76 valence electrons. The van der Waals surface area contributed by atoms with Gasteiger partial charge in [0.25, 0.3) is 0 Å². The molecule has 5 heteroatoms. The molecule has 0 aliphatic carbocycles. The number of hydrogen-bond acceptors (Lipinski definition) is 3. The van der Waals surface area contributed by atoms with Gasteiger partial charge in [-0.25, -0.2) is 8.42 Å². The number of halogens is 1. The van der Waals surface area contributed by atoms with Gasteiger partial charge < -0.3 is 0 Å². The molecule has 0 heterocycles. The molecule has 0 unspecified atom stereocenters. The van der Waals surface area contributed by atoms with Crippen LogP contribution in [-0.2, 0) is 9.84 Å². The van der Waals surface area contributed by atoms with Crippen molar-refractivity contribution < 1.29 is 13.2 Å². The number of carbonyl (C=O) groups is 1. The summed E-state index contributed by atoms with van der Waals surface area (Å²) in [7, 11) is -3.37. The van der Waals surface area contributed by atoms with E-state index >= 15 is 0 Å². The molecule has 0 aliphatic rings. The van der Waals surface area contributed by atoms with E-state index in [0.717, 1.165) is 6.26 Å². The molecule has 0 saturated heterocycles. The number of carbonyl (C=O) groups excluding carboxylic acids is 1. The van der Waals surface area contributed by atoms with Crippen molar-refractivity contribution in [2.24, 2.45) is 0 Å². The van der Waals surface area contributed by atoms with Gasteiger partial charge in [0, 0.05) is 11.8 Å². The van der Waals surface area contributed by atoms with Crippen molar-refractivity contribution in [3.05, 3.63) is 28.8 Å². The van der Waals surface area contributed by atoms with Crippen LogP contribution in [0, 0.1) is 0 Å². The second kappa shape index (κ2) is 3.71. The molecule has 0 N–H and O–H groups in total. The molecule has 14 heavy (non-hydrogen) atoms. The van der Waals surface area contributed by atoms with Gasteiger partial charge in [-0.2, -0.15) is 0 Å². The number of sulfone groups is 1. The number of ketones is 1. The summed E-state index contributed by atoms with van der Waals surface area (Å²) in [4.78, 5) is 11.0. The fourth-order valence-corrected chi connectivity index (χ4v) is 2.31. The van der Waals surface area contributed by atoms with Crippen LogP contribution in [-0.4, -0.2) is 20.5 Å². The number of rotatable bonds is 2. The zero-order valence-corrected chi connectivity index (χ0v) is 9.32. The lowest BCUT2D eigenvalue weighted by atomic mass is 10.1. The van der Waals surface area contributed by atoms with E-state index in [1.807, 2.05) is 0 Å². The molecular weight excluding hydrogens is 224 g/mol. The third-order valence-electron chi connectivity index (χ3n) is 1.74. The molecule has 0 aromatic heterocycles. The SMILES string of the molecule is CC(=O)c1ccc(Cl)c(S(C)(=O)=O)c1. The van der Waals surface area contributed by atoms with E-state index in [1.54, 1.807) is 0 Å². The maximum atomic E-state index is 11.2. The Morgan fingerprint density at radius 1 is 1.36 bits per heavy atom. The van der Waals surface area contributed by atoms with Crippen molar-refractivity contribution in [2.75, 3.05) is 6.26 Å². The Bertz CT molecular complexity index is 477. The first-order valence-corrected chi connectivity index (χ1v) is 6.10. The van der Waals surface area contributed by atoms with Crippen LogP contribution in [0.2, 0.25) is 5.02 Å². The van der Waals surface area contributed by atoms with Crippen molar-refractivity contribution in [3.8, 4) is 0 Å². The van der Waals surface area contributed by atoms with E-state index in [9.17, 15) is 13.2 Å². The van der Waals surface area contributed by atoms with E-state index < -0.39 is 9.84 Å². The van der Waals surface area contributed by atoms with Crippen LogP contribution in [0.3, 0.4) is 0 Å². The quantitative estimate of drug-likeness (QED) is 0.733. The first-order chi connectivity index (χ1) is 6.32. The molecule has 0 radical (unpaired) electrons. The lowest BCUT2D eigenvalue weighted by molar-refractivity contribution is 0.101. The van der Waals surface area contributed by atoms with E-state index in [4.69, 9.17) is 11.6 Å². The van der Waals surface area contributed by atoms with Crippen LogP contribution in [0.25, 0.3) is 0 Å². The van der Waals surface area contributed by atoms with Crippen LogP contribution >= 0.6 is 11.6 Å². The predicted octanol–water partition coefficient (Wildman–Crippen LogP) is 1.95. The lowest BCUT2D eigenvalue weighted by Crippen LogP contribution is -2.01. The highest BCUT2D eigenvalue weighted by Gasteiger charge is 2.13. The summed E-state index contributed by atoms with van der Waals surface area (Å²) in [6, 6.07) is 4.20. The summed E-state index contributed by atoms with van der Waals surface area (Å²) in [5, 5.41) is 0.137. The maximum Gasteiger partial charge on any atom is 0.177 e. The van der Waals surface area contributed by atoms with Crippen LogP contribution in [0.4, 0.5) is 0 Å². The summed E-state index contributed by atoms with van der Waals surface area (Å²) < 4.78 is 22.5.